The van der Waals surface area contributed by atoms with Crippen molar-refractivity contribution in [3.05, 3.63) is 42.2 Å². The number of hydrogen-bond donors (Lipinski definition) is 2. The Kier molecular flexibility index (Phi) is 2.76. The van der Waals surface area contributed by atoms with Crippen LogP contribution in [0.15, 0.2) is 31.0 Å². The summed E-state index contributed by atoms with van der Waals surface area (Å²) in [4.78, 5) is 14.5. The first-order valence-corrected chi connectivity index (χ1v) is 3.72. The zero-order valence-electron chi connectivity index (χ0n) is 6.97. The van der Waals surface area contributed by atoms with Crippen molar-refractivity contribution in [2.75, 3.05) is 0 Å². The van der Waals surface area contributed by atoms with Crippen LogP contribution in [0.1, 0.15) is 22.1 Å². The van der Waals surface area contributed by atoms with Crippen LogP contribution in [0, 0.1) is 0 Å². The highest BCUT2D eigenvalue weighted by atomic mass is 16.4. The van der Waals surface area contributed by atoms with Gasteiger partial charge in [0.15, 0.2) is 0 Å². The van der Waals surface area contributed by atoms with Gasteiger partial charge in [-0.15, -0.1) is 6.58 Å². The molecule has 0 bridgehead atoms. The summed E-state index contributed by atoms with van der Waals surface area (Å²) >= 11 is 0. The van der Waals surface area contributed by atoms with E-state index in [1.54, 1.807) is 0 Å². The number of hydrogen-bond acceptors (Lipinski definition) is 3. The third-order valence-corrected chi connectivity index (χ3v) is 1.62. The van der Waals surface area contributed by atoms with Crippen LogP contribution in [0.2, 0.25) is 0 Å². The fourth-order valence-corrected chi connectivity index (χ4v) is 0.884. The van der Waals surface area contributed by atoms with Gasteiger partial charge in [-0.3, -0.25) is 4.98 Å². The van der Waals surface area contributed by atoms with Gasteiger partial charge in [-0.25, -0.2) is 4.79 Å². The van der Waals surface area contributed by atoms with E-state index < -0.39 is 12.0 Å². The van der Waals surface area contributed by atoms with Gasteiger partial charge >= 0.3 is 5.97 Å². The van der Waals surface area contributed by atoms with Gasteiger partial charge in [0.25, 0.3) is 0 Å². The van der Waals surface area contributed by atoms with E-state index in [2.05, 4.69) is 11.6 Å². The van der Waals surface area contributed by atoms with Gasteiger partial charge in [-0.05, 0) is 12.1 Å². The number of carboxylic acids is 1. The molecule has 0 fully saturated rings. The zero-order valence-corrected chi connectivity index (χ0v) is 6.97. The topological polar surface area (TPSA) is 76.2 Å². The lowest BCUT2D eigenvalue weighted by Crippen LogP contribution is -2.10. The number of rotatable bonds is 3. The lowest BCUT2D eigenvalue weighted by atomic mass is 10.1. The van der Waals surface area contributed by atoms with Crippen molar-refractivity contribution in [3.8, 4) is 0 Å². The monoisotopic (exact) mass is 178 g/mol. The number of carbonyl (C=O) groups is 1. The molecule has 4 heteroatoms. The van der Waals surface area contributed by atoms with Gasteiger partial charge in [0, 0.05) is 6.20 Å². The summed E-state index contributed by atoms with van der Waals surface area (Å²) in [7, 11) is 0. The Morgan fingerprint density at radius 2 is 2.46 bits per heavy atom. The molecule has 0 spiro atoms. The Labute approximate surface area is 75.7 Å². The molecule has 1 rings (SSSR count). The van der Waals surface area contributed by atoms with Crippen molar-refractivity contribution in [2.24, 2.45) is 5.73 Å². The van der Waals surface area contributed by atoms with Crippen molar-refractivity contribution in [1.29, 1.82) is 0 Å². The van der Waals surface area contributed by atoms with E-state index in [0.717, 1.165) is 0 Å². The second-order valence-electron chi connectivity index (χ2n) is 2.54. The van der Waals surface area contributed by atoms with Crippen LogP contribution < -0.4 is 5.73 Å². The van der Waals surface area contributed by atoms with E-state index in [1.807, 2.05) is 0 Å². The molecule has 13 heavy (non-hydrogen) atoms. The van der Waals surface area contributed by atoms with Gasteiger partial charge in [0.05, 0.1) is 17.3 Å². The summed E-state index contributed by atoms with van der Waals surface area (Å²) in [5.41, 5.74) is 6.28. The second-order valence-corrected chi connectivity index (χ2v) is 2.54. The molecule has 1 atom stereocenters. The van der Waals surface area contributed by atoms with E-state index in [9.17, 15) is 4.79 Å². The summed E-state index contributed by atoms with van der Waals surface area (Å²) in [5.74, 6) is -0.986. The fraction of sp³-hybridized carbons (Fsp3) is 0.111. The van der Waals surface area contributed by atoms with Crippen LogP contribution in [0.3, 0.4) is 0 Å². The molecule has 0 aromatic carbocycles. The lowest BCUT2D eigenvalue weighted by molar-refractivity contribution is 0.0696. The minimum atomic E-state index is -0.986. The predicted octanol–water partition coefficient (Wildman–Crippen LogP) is 0.966. The number of aromatic nitrogens is 1. The number of aromatic carboxylic acids is 1. The van der Waals surface area contributed by atoms with Crippen LogP contribution in [-0.4, -0.2) is 16.1 Å². The fourth-order valence-electron chi connectivity index (χ4n) is 0.884. The van der Waals surface area contributed by atoms with Crippen molar-refractivity contribution in [2.45, 2.75) is 6.04 Å². The third-order valence-electron chi connectivity index (χ3n) is 1.62. The highest BCUT2D eigenvalue weighted by molar-refractivity contribution is 5.87. The van der Waals surface area contributed by atoms with E-state index in [1.165, 1.54) is 24.4 Å². The van der Waals surface area contributed by atoms with Crippen molar-refractivity contribution in [1.82, 2.24) is 4.98 Å². The molecule has 4 nitrogen and oxygen atoms in total. The molecular formula is C9H10N2O2. The molecule has 0 saturated heterocycles. The molecule has 0 saturated carbocycles. The molecule has 0 aliphatic heterocycles. The predicted molar refractivity (Wildman–Crippen MR) is 48.3 cm³/mol. The van der Waals surface area contributed by atoms with Crippen LogP contribution >= 0.6 is 0 Å². The minimum Gasteiger partial charge on any atom is -0.478 e. The highest BCUT2D eigenvalue weighted by Gasteiger charge is 2.07. The summed E-state index contributed by atoms with van der Waals surface area (Å²) < 4.78 is 0. The molecule has 0 aliphatic carbocycles. The van der Waals surface area contributed by atoms with Crippen molar-refractivity contribution >= 4 is 5.97 Å². The van der Waals surface area contributed by atoms with Crippen LogP contribution in [0.25, 0.3) is 0 Å². The lowest BCUT2D eigenvalue weighted by Gasteiger charge is -2.05. The maximum absolute atomic E-state index is 10.6. The summed E-state index contributed by atoms with van der Waals surface area (Å²) in [6.45, 7) is 3.50. The van der Waals surface area contributed by atoms with Gasteiger partial charge in [0.1, 0.15) is 0 Å². The van der Waals surface area contributed by atoms with Crippen molar-refractivity contribution in [3.63, 3.8) is 0 Å². The first-order chi connectivity index (χ1) is 6.15. The Bertz CT molecular complexity index is 336. The van der Waals surface area contributed by atoms with Crippen LogP contribution in [0.5, 0.6) is 0 Å². The Morgan fingerprint density at radius 1 is 1.77 bits per heavy atom. The van der Waals surface area contributed by atoms with E-state index in [0.29, 0.717) is 5.69 Å². The number of nitrogens with two attached hydrogens (primary N) is 1. The highest BCUT2D eigenvalue weighted by Crippen LogP contribution is 2.09. The van der Waals surface area contributed by atoms with Gasteiger partial charge < -0.3 is 10.8 Å². The molecule has 1 heterocycles. The Hall–Kier alpha value is -1.68. The second kappa shape index (κ2) is 3.82. The first kappa shape index (κ1) is 9.41. The SMILES string of the molecule is C=C[C@@H](N)c1cc(C(=O)O)ccn1. The summed E-state index contributed by atoms with van der Waals surface area (Å²) in [6, 6.07) is 2.44. The minimum absolute atomic E-state index is 0.183. The first-order valence-electron chi connectivity index (χ1n) is 3.72. The Balaban J connectivity index is 3.04. The van der Waals surface area contributed by atoms with Gasteiger partial charge in [0.2, 0.25) is 0 Å². The molecule has 0 amide bonds. The van der Waals surface area contributed by atoms with E-state index in [4.69, 9.17) is 10.8 Å². The van der Waals surface area contributed by atoms with Gasteiger partial charge in [-0.1, -0.05) is 6.08 Å². The molecule has 0 unspecified atom stereocenters. The normalized spacial score (nSPS) is 12.1. The summed E-state index contributed by atoms with van der Waals surface area (Å²) in [5, 5.41) is 8.67. The van der Waals surface area contributed by atoms with E-state index >= 15 is 0 Å². The van der Waals surface area contributed by atoms with Crippen LogP contribution in [0.4, 0.5) is 0 Å². The Morgan fingerprint density at radius 3 is 3.00 bits per heavy atom. The molecule has 68 valence electrons. The molecule has 0 radical (unpaired) electrons. The van der Waals surface area contributed by atoms with Crippen LogP contribution in [-0.2, 0) is 0 Å². The van der Waals surface area contributed by atoms with Gasteiger partial charge in [-0.2, -0.15) is 0 Å². The maximum atomic E-state index is 10.6. The molecule has 1 aromatic rings. The quantitative estimate of drug-likeness (QED) is 0.676. The third kappa shape index (κ3) is 2.13. The average molecular weight is 178 g/mol. The molecule has 3 N–H and O–H groups in total. The number of carboxylic acid groups (broad SMARTS) is 1. The zero-order chi connectivity index (χ0) is 9.84. The number of nitrogens with zero attached hydrogens (tertiary/aromatic N) is 1. The number of pyridine rings is 1. The largest absolute Gasteiger partial charge is 0.478 e. The van der Waals surface area contributed by atoms with Crippen molar-refractivity contribution < 1.29 is 9.90 Å². The summed E-state index contributed by atoms with van der Waals surface area (Å²) in [6.07, 6.45) is 2.93. The maximum Gasteiger partial charge on any atom is 0.335 e. The standard InChI is InChI=1S/C9H10N2O2/c1-2-7(10)8-5-6(9(12)13)3-4-11-8/h2-5,7H,1,10H2,(H,12,13)/t7-/m1/s1. The molecule has 1 aromatic heterocycles. The van der Waals surface area contributed by atoms with E-state index in [-0.39, 0.29) is 5.56 Å². The molecule has 0 aliphatic rings. The average Bonchev–Trinajstić information content (AvgIpc) is 2.17. The molecular weight excluding hydrogens is 168 g/mol. The smallest absolute Gasteiger partial charge is 0.335 e.